The highest BCUT2D eigenvalue weighted by molar-refractivity contribution is 5.00. The second kappa shape index (κ2) is 6.15. The van der Waals surface area contributed by atoms with Crippen molar-refractivity contribution in [3.63, 3.8) is 0 Å². The second-order valence-electron chi connectivity index (χ2n) is 7.98. The first kappa shape index (κ1) is 14.4. The van der Waals surface area contributed by atoms with Crippen LogP contribution in [0.5, 0.6) is 0 Å². The van der Waals surface area contributed by atoms with Crippen molar-refractivity contribution in [3.8, 4) is 0 Å². The van der Waals surface area contributed by atoms with Crippen molar-refractivity contribution in [3.05, 3.63) is 0 Å². The molecular weight excluding hydrogens is 260 g/mol. The summed E-state index contributed by atoms with van der Waals surface area (Å²) in [5.74, 6) is 0.897. The normalized spacial score (nSPS) is 42.3. The quantitative estimate of drug-likeness (QED) is 0.803. The maximum absolute atomic E-state index is 3.67. The van der Waals surface area contributed by atoms with Crippen LogP contribution in [0.15, 0.2) is 0 Å². The first-order valence-corrected chi connectivity index (χ1v) is 9.23. The average Bonchev–Trinajstić information content (AvgIpc) is 3.24. The van der Waals surface area contributed by atoms with Gasteiger partial charge in [0, 0.05) is 32.2 Å². The van der Waals surface area contributed by atoms with E-state index in [0.717, 1.165) is 12.0 Å². The van der Waals surface area contributed by atoms with Gasteiger partial charge in [-0.3, -0.25) is 4.90 Å². The van der Waals surface area contributed by atoms with E-state index in [9.17, 15) is 0 Å². The molecule has 1 spiro atoms. The number of rotatable bonds is 3. The highest BCUT2D eigenvalue weighted by atomic mass is 15.2. The largest absolute Gasteiger partial charge is 0.316 e. The molecule has 120 valence electrons. The molecular formula is C17H32N4. The van der Waals surface area contributed by atoms with Gasteiger partial charge in [-0.2, -0.15) is 0 Å². The maximum atomic E-state index is 3.67. The Morgan fingerprint density at radius 1 is 1.00 bits per heavy atom. The number of nitrogens with zero attached hydrogens (tertiary/aromatic N) is 2. The first-order chi connectivity index (χ1) is 10.3. The van der Waals surface area contributed by atoms with E-state index in [1.165, 1.54) is 91.0 Å². The summed E-state index contributed by atoms with van der Waals surface area (Å²) < 4.78 is 0. The molecule has 3 atom stereocenters. The van der Waals surface area contributed by atoms with Crippen molar-refractivity contribution in [1.29, 1.82) is 0 Å². The van der Waals surface area contributed by atoms with Crippen LogP contribution in [0.25, 0.3) is 0 Å². The Morgan fingerprint density at radius 3 is 2.71 bits per heavy atom. The van der Waals surface area contributed by atoms with Gasteiger partial charge in [0.25, 0.3) is 0 Å². The first-order valence-electron chi connectivity index (χ1n) is 9.23. The Hall–Kier alpha value is -0.160. The lowest BCUT2D eigenvalue weighted by atomic mass is 9.86. The van der Waals surface area contributed by atoms with Crippen LogP contribution in [0.4, 0.5) is 0 Å². The predicted molar refractivity (Wildman–Crippen MR) is 86.5 cm³/mol. The Bertz CT molecular complexity index is 345. The molecule has 21 heavy (non-hydrogen) atoms. The highest BCUT2D eigenvalue weighted by Gasteiger charge is 2.44. The highest BCUT2D eigenvalue weighted by Crippen LogP contribution is 2.38. The van der Waals surface area contributed by atoms with Crippen LogP contribution in [0, 0.1) is 11.3 Å². The molecule has 0 amide bonds. The molecule has 2 N–H and O–H groups in total. The van der Waals surface area contributed by atoms with Crippen LogP contribution in [-0.4, -0.2) is 74.7 Å². The molecule has 0 aromatic heterocycles. The SMILES string of the molecule is C1CCN(CC2CCNCC2N2CCC3(CCNC3)C2)C1. The summed E-state index contributed by atoms with van der Waals surface area (Å²) in [5.41, 5.74) is 0.621. The molecule has 0 radical (unpaired) electrons. The summed E-state index contributed by atoms with van der Waals surface area (Å²) in [6, 6.07) is 0.791. The third-order valence-electron chi connectivity index (χ3n) is 6.55. The van der Waals surface area contributed by atoms with E-state index in [0.29, 0.717) is 5.41 Å². The summed E-state index contributed by atoms with van der Waals surface area (Å²) >= 11 is 0. The van der Waals surface area contributed by atoms with Gasteiger partial charge in [0.1, 0.15) is 0 Å². The van der Waals surface area contributed by atoms with Gasteiger partial charge >= 0.3 is 0 Å². The Kier molecular flexibility index (Phi) is 4.23. The molecule has 4 aliphatic rings. The molecule has 4 heterocycles. The molecule has 4 heteroatoms. The lowest BCUT2D eigenvalue weighted by Crippen LogP contribution is -2.53. The van der Waals surface area contributed by atoms with Gasteiger partial charge in [0.05, 0.1) is 0 Å². The van der Waals surface area contributed by atoms with E-state index in [2.05, 4.69) is 20.4 Å². The third kappa shape index (κ3) is 3.00. The molecule has 4 fully saturated rings. The van der Waals surface area contributed by atoms with Gasteiger partial charge in [-0.05, 0) is 76.2 Å². The van der Waals surface area contributed by atoms with E-state index in [4.69, 9.17) is 0 Å². The zero-order valence-electron chi connectivity index (χ0n) is 13.4. The minimum atomic E-state index is 0.621. The standard InChI is InChI=1S/C17H32N4/c1-2-9-20(8-1)12-15-3-6-18-11-16(15)21-10-5-17(14-21)4-7-19-13-17/h15-16,18-19H,1-14H2. The van der Waals surface area contributed by atoms with Crippen molar-refractivity contribution in [1.82, 2.24) is 20.4 Å². The summed E-state index contributed by atoms with van der Waals surface area (Å²) in [5, 5.41) is 7.27. The predicted octanol–water partition coefficient (Wildman–Crippen LogP) is 0.746. The Morgan fingerprint density at radius 2 is 1.90 bits per heavy atom. The summed E-state index contributed by atoms with van der Waals surface area (Å²) in [6.45, 7) is 11.7. The smallest absolute Gasteiger partial charge is 0.0261 e. The van der Waals surface area contributed by atoms with Gasteiger partial charge in [-0.1, -0.05) is 0 Å². The molecule has 0 bridgehead atoms. The van der Waals surface area contributed by atoms with E-state index in [1.54, 1.807) is 0 Å². The lowest BCUT2D eigenvalue weighted by molar-refractivity contribution is 0.102. The van der Waals surface area contributed by atoms with E-state index in [-0.39, 0.29) is 0 Å². The molecule has 4 aliphatic heterocycles. The van der Waals surface area contributed by atoms with Crippen LogP contribution >= 0.6 is 0 Å². The Labute approximate surface area is 129 Å². The van der Waals surface area contributed by atoms with Gasteiger partial charge in [0.2, 0.25) is 0 Å². The van der Waals surface area contributed by atoms with Gasteiger partial charge in [-0.25, -0.2) is 0 Å². The topological polar surface area (TPSA) is 30.5 Å². The molecule has 4 nitrogen and oxygen atoms in total. The van der Waals surface area contributed by atoms with Crippen LogP contribution in [-0.2, 0) is 0 Å². The van der Waals surface area contributed by atoms with Crippen molar-refractivity contribution in [2.24, 2.45) is 11.3 Å². The molecule has 0 aliphatic carbocycles. The zero-order valence-corrected chi connectivity index (χ0v) is 13.4. The van der Waals surface area contributed by atoms with E-state index >= 15 is 0 Å². The Balaban J connectivity index is 1.39. The fourth-order valence-corrected chi connectivity index (χ4v) is 5.23. The number of nitrogens with one attached hydrogen (secondary N) is 2. The summed E-state index contributed by atoms with van der Waals surface area (Å²) in [4.78, 5) is 5.58. The summed E-state index contributed by atoms with van der Waals surface area (Å²) in [6.07, 6.45) is 7.05. The van der Waals surface area contributed by atoms with Crippen molar-refractivity contribution < 1.29 is 0 Å². The fraction of sp³-hybridized carbons (Fsp3) is 1.00. The second-order valence-corrected chi connectivity index (χ2v) is 7.98. The van der Waals surface area contributed by atoms with Crippen molar-refractivity contribution in [2.75, 3.05) is 58.9 Å². The van der Waals surface area contributed by atoms with Gasteiger partial charge in [-0.15, -0.1) is 0 Å². The molecule has 0 aromatic rings. The lowest BCUT2D eigenvalue weighted by Gasteiger charge is -2.40. The average molecular weight is 292 g/mol. The number of hydrogen-bond acceptors (Lipinski definition) is 4. The van der Waals surface area contributed by atoms with Gasteiger partial charge < -0.3 is 15.5 Å². The monoisotopic (exact) mass is 292 g/mol. The van der Waals surface area contributed by atoms with Crippen molar-refractivity contribution in [2.45, 2.75) is 38.1 Å². The van der Waals surface area contributed by atoms with Crippen LogP contribution in [0.3, 0.4) is 0 Å². The summed E-state index contributed by atoms with van der Waals surface area (Å²) in [7, 11) is 0. The van der Waals surface area contributed by atoms with Crippen LogP contribution in [0.2, 0.25) is 0 Å². The number of hydrogen-bond donors (Lipinski definition) is 2. The van der Waals surface area contributed by atoms with E-state index in [1.807, 2.05) is 0 Å². The van der Waals surface area contributed by atoms with E-state index < -0.39 is 0 Å². The van der Waals surface area contributed by atoms with Crippen LogP contribution < -0.4 is 10.6 Å². The molecule has 0 saturated carbocycles. The third-order valence-corrected chi connectivity index (χ3v) is 6.55. The molecule has 0 aromatic carbocycles. The van der Waals surface area contributed by atoms with Crippen LogP contribution in [0.1, 0.15) is 32.1 Å². The minimum Gasteiger partial charge on any atom is -0.316 e. The number of likely N-dealkylation sites (tertiary alicyclic amines) is 2. The molecule has 4 saturated heterocycles. The maximum Gasteiger partial charge on any atom is 0.0261 e. The van der Waals surface area contributed by atoms with Gasteiger partial charge in [0.15, 0.2) is 0 Å². The minimum absolute atomic E-state index is 0.621. The molecule has 3 unspecified atom stereocenters. The fourth-order valence-electron chi connectivity index (χ4n) is 5.23. The number of piperidine rings is 1. The zero-order chi connectivity index (χ0) is 14.1. The molecule has 4 rings (SSSR count). The van der Waals surface area contributed by atoms with Crippen molar-refractivity contribution >= 4 is 0 Å².